The van der Waals surface area contributed by atoms with Gasteiger partial charge in [0.1, 0.15) is 4.88 Å². The maximum absolute atomic E-state index is 12.5. The quantitative estimate of drug-likeness (QED) is 0.766. The van der Waals surface area contributed by atoms with Gasteiger partial charge in [0.2, 0.25) is 0 Å². The molecule has 0 radical (unpaired) electrons. The number of hydrogen-bond donors (Lipinski definition) is 1. The Balaban J connectivity index is 1.50. The van der Waals surface area contributed by atoms with Crippen molar-refractivity contribution in [2.24, 2.45) is 0 Å². The molecule has 1 N–H and O–H groups in total. The number of fused-ring (bicyclic) bond motifs is 3. The molecule has 136 valence electrons. The van der Waals surface area contributed by atoms with Crippen LogP contribution in [0.25, 0.3) is 16.0 Å². The van der Waals surface area contributed by atoms with Crippen molar-refractivity contribution in [3.63, 3.8) is 0 Å². The minimum atomic E-state index is -0.220. The monoisotopic (exact) mass is 370 g/mol. The number of imidazole rings is 1. The van der Waals surface area contributed by atoms with Gasteiger partial charge in [-0.15, -0.1) is 0 Å². The minimum Gasteiger partial charge on any atom is -0.350 e. The molecule has 26 heavy (non-hydrogen) atoms. The highest BCUT2D eigenvalue weighted by Gasteiger charge is 2.18. The summed E-state index contributed by atoms with van der Waals surface area (Å²) in [7, 11) is 0. The van der Waals surface area contributed by atoms with E-state index >= 15 is 0 Å². The number of piperidine rings is 1. The molecule has 0 bridgehead atoms. The van der Waals surface area contributed by atoms with Crippen LogP contribution >= 0.6 is 11.3 Å². The van der Waals surface area contributed by atoms with Crippen LogP contribution in [0, 0.1) is 0 Å². The van der Waals surface area contributed by atoms with E-state index in [-0.39, 0.29) is 11.5 Å². The lowest BCUT2D eigenvalue weighted by Gasteiger charge is -2.33. The average Bonchev–Trinajstić information content (AvgIpc) is 3.02. The summed E-state index contributed by atoms with van der Waals surface area (Å²) < 4.78 is 1.56. The van der Waals surface area contributed by atoms with Crippen molar-refractivity contribution in [1.29, 1.82) is 0 Å². The molecule has 4 rings (SSSR count). The molecule has 1 aliphatic heterocycles. The van der Waals surface area contributed by atoms with E-state index in [0.717, 1.165) is 24.1 Å². The summed E-state index contributed by atoms with van der Waals surface area (Å²) in [6.45, 7) is 4.77. The van der Waals surface area contributed by atoms with Crippen LogP contribution in [0.4, 0.5) is 0 Å². The van der Waals surface area contributed by atoms with Crippen LogP contribution in [0.5, 0.6) is 0 Å². The van der Waals surface area contributed by atoms with E-state index in [1.165, 1.54) is 36.7 Å². The van der Waals surface area contributed by atoms with Gasteiger partial charge in [0.05, 0.1) is 11.0 Å². The third-order valence-corrected chi connectivity index (χ3v) is 6.03. The highest BCUT2D eigenvalue weighted by Crippen LogP contribution is 2.19. The summed E-state index contributed by atoms with van der Waals surface area (Å²) in [5.74, 6) is -0.202. The number of benzene rings is 1. The van der Waals surface area contributed by atoms with E-state index in [1.807, 2.05) is 24.3 Å². The maximum Gasteiger partial charge on any atom is 0.261 e. The molecule has 3 heterocycles. The van der Waals surface area contributed by atoms with Crippen LogP contribution in [-0.2, 0) is 0 Å². The van der Waals surface area contributed by atoms with Gasteiger partial charge in [-0.2, -0.15) is 0 Å². The van der Waals surface area contributed by atoms with Crippen LogP contribution in [-0.4, -0.2) is 45.9 Å². The molecule has 3 aromatic rings. The Morgan fingerprint density at radius 3 is 3.04 bits per heavy atom. The Morgan fingerprint density at radius 2 is 2.19 bits per heavy atom. The molecule has 1 saturated heterocycles. The minimum absolute atomic E-state index is 0.202. The van der Waals surface area contributed by atoms with Crippen molar-refractivity contribution in [2.75, 3.05) is 19.6 Å². The fourth-order valence-corrected chi connectivity index (χ4v) is 4.54. The Morgan fingerprint density at radius 1 is 1.35 bits per heavy atom. The van der Waals surface area contributed by atoms with E-state index in [2.05, 4.69) is 22.1 Å². The highest BCUT2D eigenvalue weighted by atomic mass is 32.1. The van der Waals surface area contributed by atoms with Gasteiger partial charge in [-0.1, -0.05) is 29.9 Å². The van der Waals surface area contributed by atoms with Gasteiger partial charge in [-0.3, -0.25) is 18.9 Å². The predicted molar refractivity (Wildman–Crippen MR) is 104 cm³/mol. The fourth-order valence-electron chi connectivity index (χ4n) is 3.59. The van der Waals surface area contributed by atoms with Crippen molar-refractivity contribution in [1.82, 2.24) is 19.6 Å². The molecule has 0 unspecified atom stereocenters. The van der Waals surface area contributed by atoms with Crippen molar-refractivity contribution >= 4 is 33.2 Å². The van der Waals surface area contributed by atoms with E-state index in [1.54, 1.807) is 4.40 Å². The van der Waals surface area contributed by atoms with Crippen LogP contribution in [0.15, 0.2) is 35.1 Å². The number of nitrogens with one attached hydrogen (secondary N) is 1. The lowest BCUT2D eigenvalue weighted by molar-refractivity contribution is 0.0942. The Kier molecular flexibility index (Phi) is 4.74. The number of aromatic nitrogens is 2. The second-order valence-electron chi connectivity index (χ2n) is 6.80. The number of likely N-dealkylation sites (tertiary alicyclic amines) is 1. The summed E-state index contributed by atoms with van der Waals surface area (Å²) in [5, 5.41) is 2.95. The highest BCUT2D eigenvalue weighted by molar-refractivity contribution is 7.18. The standard InChI is InChI=1S/C19H22N4O2S/c1-13-6-4-5-10-22(13)11-9-20-18(25)16-12-17(24)23-15-8-3-2-7-14(15)21-19(23)26-16/h2-3,7-8,12-13H,4-6,9-11H2,1H3,(H,20,25)/t13-/m0/s1. The topological polar surface area (TPSA) is 66.7 Å². The zero-order valence-electron chi connectivity index (χ0n) is 14.8. The van der Waals surface area contributed by atoms with Crippen LogP contribution < -0.4 is 10.9 Å². The summed E-state index contributed by atoms with van der Waals surface area (Å²) in [6, 6.07) is 9.48. The Bertz CT molecular complexity index is 1010. The molecule has 1 amide bonds. The summed E-state index contributed by atoms with van der Waals surface area (Å²) in [6.07, 6.45) is 3.74. The van der Waals surface area contributed by atoms with Gasteiger partial charge in [0.15, 0.2) is 4.96 Å². The first kappa shape index (κ1) is 17.2. The first-order valence-electron chi connectivity index (χ1n) is 9.07. The molecule has 1 aromatic carbocycles. The first-order chi connectivity index (χ1) is 12.6. The molecule has 0 aliphatic carbocycles. The van der Waals surface area contributed by atoms with Gasteiger partial charge in [-0.25, -0.2) is 4.98 Å². The molecule has 0 saturated carbocycles. The van der Waals surface area contributed by atoms with Gasteiger partial charge >= 0.3 is 0 Å². The second-order valence-corrected chi connectivity index (χ2v) is 7.81. The van der Waals surface area contributed by atoms with Crippen molar-refractivity contribution in [3.05, 3.63) is 45.6 Å². The number of carbonyl (C=O) groups is 1. The summed E-state index contributed by atoms with van der Waals surface area (Å²) in [4.78, 5) is 32.8. The first-order valence-corrected chi connectivity index (χ1v) is 9.89. The van der Waals surface area contributed by atoms with Gasteiger partial charge in [-0.05, 0) is 38.4 Å². The van der Waals surface area contributed by atoms with Crippen molar-refractivity contribution in [2.45, 2.75) is 32.2 Å². The summed E-state index contributed by atoms with van der Waals surface area (Å²) in [5.41, 5.74) is 1.31. The SMILES string of the molecule is C[C@H]1CCCCN1CCNC(=O)c1cc(=O)n2c(nc3ccccc32)s1. The van der Waals surface area contributed by atoms with Crippen molar-refractivity contribution in [3.8, 4) is 0 Å². The normalized spacial score (nSPS) is 18.4. The second kappa shape index (κ2) is 7.17. The molecule has 1 atom stereocenters. The van der Waals surface area contributed by atoms with Gasteiger partial charge in [0.25, 0.3) is 11.5 Å². The molecule has 2 aromatic heterocycles. The molecule has 1 fully saturated rings. The third kappa shape index (κ3) is 3.24. The molecule has 7 heteroatoms. The lowest BCUT2D eigenvalue weighted by Crippen LogP contribution is -2.42. The zero-order chi connectivity index (χ0) is 18.1. The number of para-hydroxylation sites is 2. The van der Waals surface area contributed by atoms with E-state index in [9.17, 15) is 9.59 Å². The molecule has 0 spiro atoms. The third-order valence-electron chi connectivity index (χ3n) is 5.06. The molecule has 6 nitrogen and oxygen atoms in total. The smallest absolute Gasteiger partial charge is 0.261 e. The molecule has 1 aliphatic rings. The predicted octanol–water partition coefficient (Wildman–Crippen LogP) is 2.51. The molecular formula is C19H22N4O2S. The fraction of sp³-hybridized carbons (Fsp3) is 0.421. The Hall–Kier alpha value is -2.25. The number of nitrogens with zero attached hydrogens (tertiary/aromatic N) is 3. The largest absolute Gasteiger partial charge is 0.350 e. The van der Waals surface area contributed by atoms with E-state index in [0.29, 0.717) is 22.4 Å². The zero-order valence-corrected chi connectivity index (χ0v) is 15.6. The number of rotatable bonds is 4. The van der Waals surface area contributed by atoms with Crippen LogP contribution in [0.2, 0.25) is 0 Å². The summed E-state index contributed by atoms with van der Waals surface area (Å²) >= 11 is 1.25. The number of carbonyl (C=O) groups excluding carboxylic acids is 1. The number of amides is 1. The van der Waals surface area contributed by atoms with E-state index < -0.39 is 0 Å². The van der Waals surface area contributed by atoms with Gasteiger partial charge < -0.3 is 5.32 Å². The average molecular weight is 370 g/mol. The van der Waals surface area contributed by atoms with Crippen LogP contribution in [0.3, 0.4) is 0 Å². The maximum atomic E-state index is 12.5. The molecular weight excluding hydrogens is 348 g/mol. The van der Waals surface area contributed by atoms with Crippen molar-refractivity contribution < 1.29 is 4.79 Å². The Labute approximate surface area is 155 Å². The van der Waals surface area contributed by atoms with Crippen LogP contribution in [0.1, 0.15) is 35.9 Å². The number of hydrogen-bond acceptors (Lipinski definition) is 5. The lowest BCUT2D eigenvalue weighted by atomic mass is 10.0. The van der Waals surface area contributed by atoms with Gasteiger partial charge in [0, 0.05) is 25.2 Å². The van der Waals surface area contributed by atoms with E-state index in [4.69, 9.17) is 0 Å².